The van der Waals surface area contributed by atoms with Crippen molar-refractivity contribution in [1.29, 1.82) is 0 Å². The average Bonchev–Trinajstić information content (AvgIpc) is 2.06. The summed E-state index contributed by atoms with van der Waals surface area (Å²) in [6.45, 7) is 1.63. The molecule has 0 aliphatic carbocycles. The minimum Gasteiger partial charge on any atom is -0.239 e. The molecule has 0 amide bonds. The van der Waals surface area contributed by atoms with Crippen LogP contribution < -0.4 is 0 Å². The first-order valence-electron chi connectivity index (χ1n) is 4.21. The third-order valence-electron chi connectivity index (χ3n) is 2.33. The van der Waals surface area contributed by atoms with Gasteiger partial charge in [-0.2, -0.15) is 0 Å². The lowest BCUT2D eigenvalue weighted by molar-refractivity contribution is 0.180. The van der Waals surface area contributed by atoms with Gasteiger partial charge in [0, 0.05) is 21.2 Å². The van der Waals surface area contributed by atoms with Gasteiger partial charge in [-0.15, -0.1) is 11.8 Å². The zero-order valence-corrected chi connectivity index (χ0v) is 8.88. The van der Waals surface area contributed by atoms with Crippen LogP contribution in [0.3, 0.4) is 0 Å². The van der Waals surface area contributed by atoms with Gasteiger partial charge in [0.1, 0.15) is 5.67 Å². The van der Waals surface area contributed by atoms with Gasteiger partial charge in [-0.05, 0) is 31.5 Å². The molecule has 0 bridgehead atoms. The molecule has 3 heteroatoms. The van der Waals surface area contributed by atoms with Crippen molar-refractivity contribution in [1.82, 2.24) is 0 Å². The third-order valence-corrected chi connectivity index (χ3v) is 3.64. The van der Waals surface area contributed by atoms with E-state index in [-0.39, 0.29) is 0 Å². The molecule has 0 nitrogen and oxygen atoms in total. The molecular weight excluding hydrogens is 207 g/mol. The third kappa shape index (κ3) is 1.70. The molecule has 0 saturated heterocycles. The van der Waals surface area contributed by atoms with Crippen molar-refractivity contribution in [3.63, 3.8) is 0 Å². The largest absolute Gasteiger partial charge is 0.239 e. The van der Waals surface area contributed by atoms with Crippen LogP contribution in [0.4, 0.5) is 4.39 Å². The van der Waals surface area contributed by atoms with E-state index in [9.17, 15) is 4.39 Å². The summed E-state index contributed by atoms with van der Waals surface area (Å²) in [6, 6.07) is 5.46. The molecule has 70 valence electrons. The highest BCUT2D eigenvalue weighted by Gasteiger charge is 2.32. The molecule has 13 heavy (non-hydrogen) atoms. The smallest absolute Gasteiger partial charge is 0.135 e. The van der Waals surface area contributed by atoms with Gasteiger partial charge in [0.2, 0.25) is 0 Å². The van der Waals surface area contributed by atoms with Crippen LogP contribution in [-0.2, 0) is 5.67 Å². The number of alkyl halides is 1. The maximum atomic E-state index is 14.0. The van der Waals surface area contributed by atoms with Crippen LogP contribution in [0.1, 0.15) is 18.9 Å². The molecule has 0 N–H and O–H groups in total. The van der Waals surface area contributed by atoms with Gasteiger partial charge in [0.15, 0.2) is 0 Å². The van der Waals surface area contributed by atoms with Crippen LogP contribution in [0.2, 0.25) is 5.02 Å². The second kappa shape index (κ2) is 3.18. The second-order valence-electron chi connectivity index (χ2n) is 3.44. The highest BCUT2D eigenvalue weighted by Crippen LogP contribution is 2.43. The molecule has 1 aliphatic rings. The summed E-state index contributed by atoms with van der Waals surface area (Å²) in [5.41, 5.74) is -0.456. The van der Waals surface area contributed by atoms with E-state index in [1.54, 1.807) is 24.8 Å². The summed E-state index contributed by atoms with van der Waals surface area (Å²) in [5, 5.41) is 0.616. The maximum absolute atomic E-state index is 14.0. The Balaban J connectivity index is 2.55. The molecule has 0 saturated carbocycles. The molecular formula is C10H10ClFS. The van der Waals surface area contributed by atoms with Crippen molar-refractivity contribution >= 4 is 23.4 Å². The van der Waals surface area contributed by atoms with E-state index >= 15 is 0 Å². The Kier molecular flexibility index (Phi) is 2.28. The number of thioether (sulfide) groups is 1. The van der Waals surface area contributed by atoms with E-state index in [2.05, 4.69) is 0 Å². The summed E-state index contributed by atoms with van der Waals surface area (Å²) in [5.74, 6) is 0.849. The molecule has 1 unspecified atom stereocenters. The summed E-state index contributed by atoms with van der Waals surface area (Å²) in [7, 11) is 0. The molecule has 0 radical (unpaired) electrons. The van der Waals surface area contributed by atoms with Gasteiger partial charge in [-0.3, -0.25) is 0 Å². The molecule has 1 atom stereocenters. The van der Waals surface area contributed by atoms with Crippen molar-refractivity contribution in [3.05, 3.63) is 28.8 Å². The van der Waals surface area contributed by atoms with Crippen molar-refractivity contribution in [2.24, 2.45) is 0 Å². The van der Waals surface area contributed by atoms with Crippen molar-refractivity contribution in [2.75, 3.05) is 5.75 Å². The molecule has 0 fully saturated rings. The molecule has 0 spiro atoms. The molecule has 1 aromatic carbocycles. The zero-order valence-electron chi connectivity index (χ0n) is 7.31. The Labute approximate surface area is 86.5 Å². The van der Waals surface area contributed by atoms with Crippen LogP contribution in [0.15, 0.2) is 23.1 Å². The fourth-order valence-corrected chi connectivity index (χ4v) is 2.99. The van der Waals surface area contributed by atoms with Crippen molar-refractivity contribution < 1.29 is 4.39 Å². The normalized spacial score (nSPS) is 27.0. The topological polar surface area (TPSA) is 0 Å². The van der Waals surface area contributed by atoms with Crippen LogP contribution in [-0.4, -0.2) is 5.75 Å². The Hall–Kier alpha value is -0.210. The number of benzene rings is 1. The lowest BCUT2D eigenvalue weighted by Gasteiger charge is -2.28. The van der Waals surface area contributed by atoms with Crippen molar-refractivity contribution in [2.45, 2.75) is 23.9 Å². The lowest BCUT2D eigenvalue weighted by atomic mass is 9.95. The van der Waals surface area contributed by atoms with E-state index < -0.39 is 5.67 Å². The summed E-state index contributed by atoms with van der Waals surface area (Å²) in [6.07, 6.45) is 0.574. The van der Waals surface area contributed by atoms with Crippen LogP contribution in [0.25, 0.3) is 0 Å². The number of halogens is 2. The van der Waals surface area contributed by atoms with E-state index in [0.29, 0.717) is 11.4 Å². The lowest BCUT2D eigenvalue weighted by Crippen LogP contribution is -2.20. The standard InChI is InChI=1S/C10H10ClFS/c1-10(12)4-5-13-9-3-2-7(11)6-8(9)10/h2-3,6H,4-5H2,1H3. The Morgan fingerprint density at radius 3 is 3.08 bits per heavy atom. The molecule has 0 aromatic heterocycles. The molecule has 2 rings (SSSR count). The summed E-state index contributed by atoms with van der Waals surface area (Å²) < 4.78 is 14.0. The predicted octanol–water partition coefficient (Wildman–Crippen LogP) is 4.02. The highest BCUT2D eigenvalue weighted by molar-refractivity contribution is 7.99. The first kappa shape index (κ1) is 9.35. The molecule has 1 aromatic rings. The van der Waals surface area contributed by atoms with Gasteiger partial charge in [0.05, 0.1) is 0 Å². The van der Waals surface area contributed by atoms with E-state index in [4.69, 9.17) is 11.6 Å². The van der Waals surface area contributed by atoms with Crippen LogP contribution in [0.5, 0.6) is 0 Å². The van der Waals surface area contributed by atoms with Gasteiger partial charge < -0.3 is 0 Å². The van der Waals surface area contributed by atoms with Gasteiger partial charge >= 0.3 is 0 Å². The average molecular weight is 217 g/mol. The minimum atomic E-state index is -1.20. The monoisotopic (exact) mass is 216 g/mol. The van der Waals surface area contributed by atoms with Gasteiger partial charge in [-0.1, -0.05) is 11.6 Å². The Bertz CT molecular complexity index is 336. The van der Waals surface area contributed by atoms with Crippen LogP contribution in [0, 0.1) is 0 Å². The van der Waals surface area contributed by atoms with Crippen molar-refractivity contribution in [3.8, 4) is 0 Å². The quantitative estimate of drug-likeness (QED) is 0.631. The minimum absolute atomic E-state index is 0.574. The Morgan fingerprint density at radius 2 is 2.31 bits per heavy atom. The summed E-state index contributed by atoms with van der Waals surface area (Å²) in [4.78, 5) is 1.03. The van der Waals surface area contributed by atoms with Crippen LogP contribution >= 0.6 is 23.4 Å². The number of hydrogen-bond donors (Lipinski definition) is 0. The fraction of sp³-hybridized carbons (Fsp3) is 0.400. The first-order chi connectivity index (χ1) is 6.09. The first-order valence-corrected chi connectivity index (χ1v) is 5.58. The number of rotatable bonds is 0. The van der Waals surface area contributed by atoms with E-state index in [0.717, 1.165) is 16.2 Å². The molecule has 1 heterocycles. The van der Waals surface area contributed by atoms with E-state index in [1.165, 1.54) is 0 Å². The highest BCUT2D eigenvalue weighted by atomic mass is 35.5. The van der Waals surface area contributed by atoms with E-state index in [1.807, 2.05) is 12.1 Å². The van der Waals surface area contributed by atoms with Gasteiger partial charge in [-0.25, -0.2) is 4.39 Å². The van der Waals surface area contributed by atoms with Gasteiger partial charge in [0.25, 0.3) is 0 Å². The zero-order chi connectivity index (χ0) is 9.47. The number of fused-ring (bicyclic) bond motifs is 1. The predicted molar refractivity (Wildman–Crippen MR) is 55.3 cm³/mol. The fourth-order valence-electron chi connectivity index (χ4n) is 1.52. The molecule has 1 aliphatic heterocycles. The maximum Gasteiger partial charge on any atom is 0.135 e. The Morgan fingerprint density at radius 1 is 1.54 bits per heavy atom. The summed E-state index contributed by atoms with van der Waals surface area (Å²) >= 11 is 7.53. The second-order valence-corrected chi connectivity index (χ2v) is 5.01. The SMILES string of the molecule is CC1(F)CCSc2ccc(Cl)cc21. The number of hydrogen-bond acceptors (Lipinski definition) is 1.